The van der Waals surface area contributed by atoms with Crippen molar-refractivity contribution in [3.8, 4) is 0 Å². The van der Waals surface area contributed by atoms with Gasteiger partial charge in [0.05, 0.1) is 13.0 Å². The van der Waals surface area contributed by atoms with Crippen molar-refractivity contribution >= 4 is 5.97 Å². The molecule has 0 aliphatic carbocycles. The van der Waals surface area contributed by atoms with E-state index >= 15 is 0 Å². The van der Waals surface area contributed by atoms with E-state index in [9.17, 15) is 4.79 Å². The third kappa shape index (κ3) is 3.33. The molecule has 0 saturated carbocycles. The van der Waals surface area contributed by atoms with Gasteiger partial charge in [-0.25, -0.2) is 0 Å². The summed E-state index contributed by atoms with van der Waals surface area (Å²) in [6, 6.07) is 10.4. The van der Waals surface area contributed by atoms with Gasteiger partial charge in [0.1, 0.15) is 0 Å². The second-order valence-corrected chi connectivity index (χ2v) is 4.88. The quantitative estimate of drug-likeness (QED) is 0.829. The van der Waals surface area contributed by atoms with Gasteiger partial charge in [-0.1, -0.05) is 36.8 Å². The zero-order chi connectivity index (χ0) is 12.8. The van der Waals surface area contributed by atoms with Crippen LogP contribution in [0.15, 0.2) is 30.3 Å². The Morgan fingerprint density at radius 2 is 2.17 bits per heavy atom. The van der Waals surface area contributed by atoms with E-state index in [1.54, 1.807) is 0 Å². The highest BCUT2D eigenvalue weighted by molar-refractivity contribution is 5.73. The smallest absolute Gasteiger partial charge is 0.310 e. The van der Waals surface area contributed by atoms with E-state index in [-0.39, 0.29) is 17.9 Å². The lowest BCUT2D eigenvalue weighted by Gasteiger charge is -2.29. The van der Waals surface area contributed by atoms with Crippen LogP contribution in [0, 0.1) is 5.92 Å². The van der Waals surface area contributed by atoms with Gasteiger partial charge in [0.25, 0.3) is 0 Å². The van der Waals surface area contributed by atoms with Gasteiger partial charge in [-0.15, -0.1) is 0 Å². The summed E-state index contributed by atoms with van der Waals surface area (Å²) < 4.78 is 4.96. The highest BCUT2D eigenvalue weighted by Gasteiger charge is 2.30. The summed E-state index contributed by atoms with van der Waals surface area (Å²) in [7, 11) is 1.48. The molecule has 1 aromatic rings. The summed E-state index contributed by atoms with van der Waals surface area (Å²) in [5.74, 6) is -0.170. The molecule has 3 nitrogen and oxygen atoms in total. The van der Waals surface area contributed by atoms with Crippen LogP contribution in [0.3, 0.4) is 0 Å². The molecule has 1 heterocycles. The average Bonchev–Trinajstić information content (AvgIpc) is 2.46. The summed E-state index contributed by atoms with van der Waals surface area (Å²) in [6.07, 6.45) is 4.22. The zero-order valence-electron chi connectivity index (χ0n) is 10.9. The Kier molecular flexibility index (Phi) is 4.76. The number of piperidine rings is 1. The number of hydrogen-bond acceptors (Lipinski definition) is 3. The molecule has 1 N–H and O–H groups in total. The summed E-state index contributed by atoms with van der Waals surface area (Å²) in [6.45, 7) is 1.01. The largest absolute Gasteiger partial charge is 0.469 e. The topological polar surface area (TPSA) is 38.3 Å². The van der Waals surface area contributed by atoms with E-state index in [0.717, 1.165) is 19.4 Å². The van der Waals surface area contributed by atoms with Crippen LogP contribution in [-0.4, -0.2) is 25.7 Å². The lowest BCUT2D eigenvalue weighted by molar-refractivity contribution is -0.146. The van der Waals surface area contributed by atoms with Gasteiger partial charge in [-0.2, -0.15) is 0 Å². The number of methoxy groups -OCH3 is 1. The van der Waals surface area contributed by atoms with Crippen molar-refractivity contribution in [1.29, 1.82) is 0 Å². The van der Waals surface area contributed by atoms with E-state index < -0.39 is 0 Å². The molecule has 1 fully saturated rings. The summed E-state index contributed by atoms with van der Waals surface area (Å²) in [4.78, 5) is 12.0. The van der Waals surface area contributed by atoms with E-state index in [1.165, 1.54) is 25.5 Å². The molecular weight excluding hydrogens is 226 g/mol. The minimum Gasteiger partial charge on any atom is -0.469 e. The van der Waals surface area contributed by atoms with Crippen molar-refractivity contribution in [2.24, 2.45) is 5.92 Å². The van der Waals surface area contributed by atoms with Crippen LogP contribution < -0.4 is 5.32 Å². The molecular formula is C15H21NO2. The van der Waals surface area contributed by atoms with Crippen LogP contribution in [0.25, 0.3) is 0 Å². The van der Waals surface area contributed by atoms with Crippen LogP contribution in [0.2, 0.25) is 0 Å². The predicted octanol–water partition coefficient (Wildman–Crippen LogP) is 2.16. The van der Waals surface area contributed by atoms with Gasteiger partial charge in [0.2, 0.25) is 0 Å². The fourth-order valence-electron chi connectivity index (χ4n) is 2.63. The molecule has 18 heavy (non-hydrogen) atoms. The number of rotatable bonds is 4. The Bertz CT molecular complexity index is 371. The number of nitrogens with one attached hydrogen (secondary N) is 1. The molecule has 0 spiro atoms. The first-order valence-electron chi connectivity index (χ1n) is 6.66. The Balaban J connectivity index is 2.07. The lowest BCUT2D eigenvalue weighted by atomic mass is 9.87. The molecule has 1 aliphatic heterocycles. The van der Waals surface area contributed by atoms with Gasteiger partial charge in [-0.05, 0) is 31.4 Å². The lowest BCUT2D eigenvalue weighted by Crippen LogP contribution is -2.44. The molecule has 1 aromatic carbocycles. The first-order valence-corrected chi connectivity index (χ1v) is 6.66. The highest BCUT2D eigenvalue weighted by Crippen LogP contribution is 2.20. The van der Waals surface area contributed by atoms with E-state index in [4.69, 9.17) is 4.74 Å². The van der Waals surface area contributed by atoms with Crippen molar-refractivity contribution in [2.45, 2.75) is 31.7 Å². The summed E-state index contributed by atoms with van der Waals surface area (Å²) in [5, 5.41) is 3.45. The fraction of sp³-hybridized carbons (Fsp3) is 0.533. The monoisotopic (exact) mass is 247 g/mol. The first kappa shape index (κ1) is 13.1. The Morgan fingerprint density at radius 3 is 2.78 bits per heavy atom. The molecule has 1 saturated heterocycles. The predicted molar refractivity (Wildman–Crippen MR) is 71.3 cm³/mol. The second kappa shape index (κ2) is 6.55. The van der Waals surface area contributed by atoms with Crippen LogP contribution in [0.1, 0.15) is 24.8 Å². The van der Waals surface area contributed by atoms with Crippen molar-refractivity contribution in [1.82, 2.24) is 5.32 Å². The molecule has 0 bridgehead atoms. The fourth-order valence-corrected chi connectivity index (χ4v) is 2.63. The standard InChI is InChI=1S/C15H21NO2/c1-18-15(17)13(14-9-5-6-10-16-14)11-12-7-3-2-4-8-12/h2-4,7-8,13-14,16H,5-6,9-11H2,1H3/t13-,14-/m1/s1. The first-order chi connectivity index (χ1) is 8.81. The van der Waals surface area contributed by atoms with Gasteiger partial charge >= 0.3 is 5.97 Å². The van der Waals surface area contributed by atoms with Gasteiger partial charge in [-0.3, -0.25) is 4.79 Å². The molecule has 2 rings (SSSR count). The van der Waals surface area contributed by atoms with Gasteiger partial charge in [0, 0.05) is 6.04 Å². The zero-order valence-corrected chi connectivity index (χ0v) is 10.9. The van der Waals surface area contributed by atoms with Crippen LogP contribution in [-0.2, 0) is 16.0 Å². The van der Waals surface area contributed by atoms with Gasteiger partial charge < -0.3 is 10.1 Å². The number of ether oxygens (including phenoxy) is 1. The molecule has 0 aromatic heterocycles. The molecule has 0 unspecified atom stereocenters. The molecule has 2 atom stereocenters. The SMILES string of the molecule is COC(=O)[C@H](Cc1ccccc1)[C@H]1CCCCN1. The van der Waals surface area contributed by atoms with Crippen molar-refractivity contribution < 1.29 is 9.53 Å². The maximum absolute atomic E-state index is 12.0. The third-order valence-electron chi connectivity index (χ3n) is 3.64. The molecule has 3 heteroatoms. The third-order valence-corrected chi connectivity index (χ3v) is 3.64. The summed E-state index contributed by atoms with van der Waals surface area (Å²) in [5.41, 5.74) is 1.19. The normalized spacial score (nSPS) is 21.3. The average molecular weight is 247 g/mol. The number of esters is 1. The van der Waals surface area contributed by atoms with Crippen LogP contribution in [0.4, 0.5) is 0 Å². The molecule has 1 aliphatic rings. The van der Waals surface area contributed by atoms with Crippen LogP contribution in [0.5, 0.6) is 0 Å². The minimum atomic E-state index is -0.0988. The van der Waals surface area contributed by atoms with Crippen molar-refractivity contribution in [3.05, 3.63) is 35.9 Å². The summed E-state index contributed by atoms with van der Waals surface area (Å²) >= 11 is 0. The van der Waals surface area contributed by atoms with E-state index in [1.807, 2.05) is 18.2 Å². The van der Waals surface area contributed by atoms with Crippen LogP contribution >= 0.6 is 0 Å². The minimum absolute atomic E-state index is 0.0716. The maximum Gasteiger partial charge on any atom is 0.310 e. The molecule has 0 amide bonds. The van der Waals surface area contributed by atoms with E-state index in [0.29, 0.717) is 0 Å². The Morgan fingerprint density at radius 1 is 1.39 bits per heavy atom. The number of benzene rings is 1. The molecule has 0 radical (unpaired) electrons. The number of carbonyl (C=O) groups excluding carboxylic acids is 1. The van der Waals surface area contributed by atoms with E-state index in [2.05, 4.69) is 17.4 Å². The highest BCUT2D eigenvalue weighted by atomic mass is 16.5. The second-order valence-electron chi connectivity index (χ2n) is 4.88. The maximum atomic E-state index is 12.0. The Labute approximate surface area is 109 Å². The number of carbonyl (C=O) groups is 1. The van der Waals surface area contributed by atoms with Crippen molar-refractivity contribution in [2.75, 3.05) is 13.7 Å². The van der Waals surface area contributed by atoms with Crippen molar-refractivity contribution in [3.63, 3.8) is 0 Å². The van der Waals surface area contributed by atoms with Gasteiger partial charge in [0.15, 0.2) is 0 Å². The number of hydrogen-bond donors (Lipinski definition) is 1. The Hall–Kier alpha value is -1.35. The molecule has 98 valence electrons.